The molecule has 2 rings (SSSR count). The van der Waals surface area contributed by atoms with Crippen LogP contribution in [0.5, 0.6) is 5.75 Å². The van der Waals surface area contributed by atoms with E-state index in [1.165, 1.54) is 0 Å². The molecule has 1 aliphatic rings. The van der Waals surface area contributed by atoms with Crippen molar-refractivity contribution in [3.05, 3.63) is 28.8 Å². The van der Waals surface area contributed by atoms with Gasteiger partial charge in [-0.2, -0.15) is 5.26 Å². The average molecular weight is 279 g/mol. The maximum absolute atomic E-state index is 8.85. The van der Waals surface area contributed by atoms with Crippen molar-refractivity contribution in [1.82, 2.24) is 4.90 Å². The molecule has 1 fully saturated rings. The summed E-state index contributed by atoms with van der Waals surface area (Å²) in [5, 5.41) is 9.62. The molecule has 1 aromatic rings. The fourth-order valence-corrected chi connectivity index (χ4v) is 2.40. The average Bonchev–Trinajstić information content (AvgIpc) is 2.43. The van der Waals surface area contributed by atoms with Gasteiger partial charge in [-0.25, -0.2) is 0 Å². The molecule has 0 N–H and O–H groups in total. The van der Waals surface area contributed by atoms with E-state index in [9.17, 15) is 0 Å². The van der Waals surface area contributed by atoms with Gasteiger partial charge in [0.1, 0.15) is 12.4 Å². The van der Waals surface area contributed by atoms with Gasteiger partial charge in [-0.05, 0) is 56.6 Å². The van der Waals surface area contributed by atoms with E-state index in [0.29, 0.717) is 6.61 Å². The SMILES string of the molecule is Cc1cc(OCCN2CCC(C#N)CC2)ccc1Cl. The van der Waals surface area contributed by atoms with E-state index >= 15 is 0 Å². The van der Waals surface area contributed by atoms with Gasteiger partial charge in [0.25, 0.3) is 0 Å². The lowest BCUT2D eigenvalue weighted by Crippen LogP contribution is -2.36. The minimum Gasteiger partial charge on any atom is -0.492 e. The lowest BCUT2D eigenvalue weighted by molar-refractivity contribution is 0.169. The monoisotopic (exact) mass is 278 g/mol. The summed E-state index contributed by atoms with van der Waals surface area (Å²) in [6, 6.07) is 8.08. The van der Waals surface area contributed by atoms with E-state index in [0.717, 1.165) is 48.8 Å². The summed E-state index contributed by atoms with van der Waals surface area (Å²) < 4.78 is 5.73. The lowest BCUT2D eigenvalue weighted by Gasteiger charge is -2.28. The van der Waals surface area contributed by atoms with Crippen molar-refractivity contribution < 1.29 is 4.74 Å². The number of hydrogen-bond donors (Lipinski definition) is 0. The number of nitriles is 1. The number of benzene rings is 1. The quantitative estimate of drug-likeness (QED) is 0.848. The molecule has 19 heavy (non-hydrogen) atoms. The molecular formula is C15H19ClN2O. The topological polar surface area (TPSA) is 36.3 Å². The summed E-state index contributed by atoms with van der Waals surface area (Å²) in [6.45, 7) is 5.57. The minimum absolute atomic E-state index is 0.246. The summed E-state index contributed by atoms with van der Waals surface area (Å²) in [5.41, 5.74) is 1.04. The molecule has 0 aromatic heterocycles. The molecule has 1 saturated heterocycles. The molecule has 1 aromatic carbocycles. The van der Waals surface area contributed by atoms with Gasteiger partial charge in [-0.1, -0.05) is 11.6 Å². The number of aryl methyl sites for hydroxylation is 1. The van der Waals surface area contributed by atoms with Crippen molar-refractivity contribution in [2.24, 2.45) is 5.92 Å². The molecule has 0 amide bonds. The van der Waals surface area contributed by atoms with Crippen molar-refractivity contribution in [3.63, 3.8) is 0 Å². The van der Waals surface area contributed by atoms with Crippen molar-refractivity contribution in [2.75, 3.05) is 26.2 Å². The van der Waals surface area contributed by atoms with Crippen LogP contribution in [0, 0.1) is 24.2 Å². The van der Waals surface area contributed by atoms with Crippen LogP contribution in [-0.4, -0.2) is 31.1 Å². The zero-order chi connectivity index (χ0) is 13.7. The molecule has 0 atom stereocenters. The second-order valence-electron chi connectivity index (χ2n) is 5.00. The Bertz CT molecular complexity index is 462. The van der Waals surface area contributed by atoms with Gasteiger partial charge in [0, 0.05) is 17.5 Å². The summed E-state index contributed by atoms with van der Waals surface area (Å²) in [7, 11) is 0. The molecule has 1 heterocycles. The van der Waals surface area contributed by atoms with Gasteiger partial charge in [0.15, 0.2) is 0 Å². The van der Waals surface area contributed by atoms with Gasteiger partial charge in [0.05, 0.1) is 6.07 Å². The van der Waals surface area contributed by atoms with Crippen LogP contribution in [0.4, 0.5) is 0 Å². The lowest BCUT2D eigenvalue weighted by atomic mass is 9.99. The molecular weight excluding hydrogens is 260 g/mol. The maximum atomic E-state index is 8.85. The third kappa shape index (κ3) is 4.12. The van der Waals surface area contributed by atoms with Crippen LogP contribution in [0.1, 0.15) is 18.4 Å². The highest BCUT2D eigenvalue weighted by molar-refractivity contribution is 6.31. The molecule has 0 saturated carbocycles. The first-order chi connectivity index (χ1) is 9.19. The van der Waals surface area contributed by atoms with Crippen LogP contribution in [-0.2, 0) is 0 Å². The molecule has 0 spiro atoms. The first-order valence-electron chi connectivity index (χ1n) is 6.70. The minimum atomic E-state index is 0.246. The molecule has 0 bridgehead atoms. The molecule has 4 heteroatoms. The van der Waals surface area contributed by atoms with Gasteiger partial charge in [-0.15, -0.1) is 0 Å². The van der Waals surface area contributed by atoms with Crippen molar-refractivity contribution in [1.29, 1.82) is 5.26 Å². The van der Waals surface area contributed by atoms with E-state index in [-0.39, 0.29) is 5.92 Å². The summed E-state index contributed by atoms with van der Waals surface area (Å²) in [6.07, 6.45) is 1.97. The van der Waals surface area contributed by atoms with Crippen LogP contribution in [0.15, 0.2) is 18.2 Å². The van der Waals surface area contributed by atoms with E-state index in [1.54, 1.807) is 0 Å². The third-order valence-corrected chi connectivity index (χ3v) is 4.00. The zero-order valence-electron chi connectivity index (χ0n) is 11.2. The molecule has 0 unspecified atom stereocenters. The number of ether oxygens (including phenoxy) is 1. The van der Waals surface area contributed by atoms with Crippen LogP contribution in [0.25, 0.3) is 0 Å². The van der Waals surface area contributed by atoms with Crippen LogP contribution < -0.4 is 4.74 Å². The smallest absolute Gasteiger partial charge is 0.119 e. The Kier molecular flexibility index (Phi) is 5.07. The predicted octanol–water partition coefficient (Wildman–Crippen LogP) is 3.26. The standard InChI is InChI=1S/C15H19ClN2O/c1-12-10-14(2-3-15(12)16)19-9-8-18-6-4-13(11-17)5-7-18/h2-3,10,13H,4-9H2,1H3. The molecule has 0 aliphatic carbocycles. The van der Waals surface area contributed by atoms with Gasteiger partial charge in [0.2, 0.25) is 0 Å². The fourth-order valence-electron chi connectivity index (χ4n) is 2.29. The second kappa shape index (κ2) is 6.79. The number of halogens is 1. The summed E-state index contributed by atoms with van der Waals surface area (Å²) in [4.78, 5) is 2.36. The fraction of sp³-hybridized carbons (Fsp3) is 0.533. The Hall–Kier alpha value is -1.24. The van der Waals surface area contributed by atoms with Crippen LogP contribution in [0.3, 0.4) is 0 Å². The molecule has 3 nitrogen and oxygen atoms in total. The normalized spacial score (nSPS) is 17.1. The largest absolute Gasteiger partial charge is 0.492 e. The van der Waals surface area contributed by atoms with E-state index in [1.807, 2.05) is 25.1 Å². The highest BCUT2D eigenvalue weighted by Gasteiger charge is 2.18. The Morgan fingerprint density at radius 1 is 1.42 bits per heavy atom. The number of likely N-dealkylation sites (tertiary alicyclic amines) is 1. The zero-order valence-corrected chi connectivity index (χ0v) is 12.0. The first kappa shape index (κ1) is 14.2. The summed E-state index contributed by atoms with van der Waals surface area (Å²) >= 11 is 5.97. The molecule has 102 valence electrons. The number of nitrogens with zero attached hydrogens (tertiary/aromatic N) is 2. The van der Waals surface area contributed by atoms with E-state index in [4.69, 9.17) is 21.6 Å². The highest BCUT2D eigenvalue weighted by Crippen LogP contribution is 2.21. The second-order valence-corrected chi connectivity index (χ2v) is 5.41. The highest BCUT2D eigenvalue weighted by atomic mass is 35.5. The summed E-state index contributed by atoms with van der Waals surface area (Å²) in [5.74, 6) is 1.12. The Morgan fingerprint density at radius 2 is 2.16 bits per heavy atom. The van der Waals surface area contributed by atoms with Gasteiger partial charge < -0.3 is 4.74 Å². The van der Waals surface area contributed by atoms with Crippen molar-refractivity contribution in [2.45, 2.75) is 19.8 Å². The maximum Gasteiger partial charge on any atom is 0.119 e. The van der Waals surface area contributed by atoms with Gasteiger partial charge >= 0.3 is 0 Å². The van der Waals surface area contributed by atoms with Crippen LogP contribution in [0.2, 0.25) is 5.02 Å². The van der Waals surface area contributed by atoms with Crippen molar-refractivity contribution >= 4 is 11.6 Å². The Morgan fingerprint density at radius 3 is 2.79 bits per heavy atom. The van der Waals surface area contributed by atoms with E-state index < -0.39 is 0 Å². The van der Waals surface area contributed by atoms with Crippen molar-refractivity contribution in [3.8, 4) is 11.8 Å². The van der Waals surface area contributed by atoms with Gasteiger partial charge in [-0.3, -0.25) is 4.90 Å². The third-order valence-electron chi connectivity index (χ3n) is 3.58. The molecule has 0 radical (unpaired) electrons. The number of hydrogen-bond acceptors (Lipinski definition) is 3. The van der Waals surface area contributed by atoms with Crippen LogP contribution >= 0.6 is 11.6 Å². The number of piperidine rings is 1. The Balaban J connectivity index is 1.72. The predicted molar refractivity (Wildman–Crippen MR) is 76.5 cm³/mol. The number of rotatable bonds is 4. The molecule has 1 aliphatic heterocycles. The van der Waals surface area contributed by atoms with E-state index in [2.05, 4.69) is 11.0 Å². The first-order valence-corrected chi connectivity index (χ1v) is 7.08. The Labute approximate surface area is 119 Å².